The van der Waals surface area contributed by atoms with Gasteiger partial charge in [-0.15, -0.1) is 0 Å². The Morgan fingerprint density at radius 2 is 1.94 bits per heavy atom. The van der Waals surface area contributed by atoms with Gasteiger partial charge >= 0.3 is 5.97 Å². The minimum atomic E-state index is -0.590. The van der Waals surface area contributed by atoms with Gasteiger partial charge in [0.15, 0.2) is 6.61 Å². The number of carbonyl (C=O) groups is 2. The summed E-state index contributed by atoms with van der Waals surface area (Å²) in [6.45, 7) is -0.278. The predicted molar refractivity (Wildman–Crippen MR) is 59.8 cm³/mol. The maximum Gasteiger partial charge on any atom is 0.340 e. The highest BCUT2D eigenvalue weighted by Crippen LogP contribution is 2.11. The summed E-state index contributed by atoms with van der Waals surface area (Å²) in [5, 5.41) is 0. The lowest BCUT2D eigenvalue weighted by Crippen LogP contribution is -2.27. The molecule has 0 atom stereocenters. The van der Waals surface area contributed by atoms with Gasteiger partial charge in [-0.2, -0.15) is 0 Å². The zero-order chi connectivity index (χ0) is 12.1. The molecular weight excluding hydrogens is 208 g/mol. The first-order valence-electron chi connectivity index (χ1n) is 4.74. The Kier molecular flexibility index (Phi) is 3.88. The second kappa shape index (κ2) is 5.16. The molecular formula is C11H14N2O3. The highest BCUT2D eigenvalue weighted by atomic mass is 16.5. The number of nitrogens with two attached hydrogens (primary N) is 1. The average molecular weight is 222 g/mol. The molecule has 16 heavy (non-hydrogen) atoms. The molecule has 0 unspecified atom stereocenters. The largest absolute Gasteiger partial charge is 0.452 e. The van der Waals surface area contributed by atoms with Crippen molar-refractivity contribution >= 4 is 17.6 Å². The van der Waals surface area contributed by atoms with E-state index in [1.54, 1.807) is 38.4 Å². The molecule has 1 amide bonds. The summed E-state index contributed by atoms with van der Waals surface area (Å²) in [7, 11) is 3.18. The van der Waals surface area contributed by atoms with Gasteiger partial charge in [0, 0.05) is 19.8 Å². The van der Waals surface area contributed by atoms with Crippen LogP contribution < -0.4 is 5.73 Å². The SMILES string of the molecule is CN(C)C(=O)COC(=O)c1ccccc1N. The van der Waals surface area contributed by atoms with Crippen LogP contribution in [0.4, 0.5) is 5.69 Å². The van der Waals surface area contributed by atoms with Gasteiger partial charge in [-0.1, -0.05) is 12.1 Å². The first kappa shape index (κ1) is 12.0. The molecule has 2 N–H and O–H groups in total. The Hall–Kier alpha value is -2.04. The van der Waals surface area contributed by atoms with Crippen molar-refractivity contribution in [2.24, 2.45) is 0 Å². The molecule has 0 aromatic heterocycles. The molecule has 1 aromatic carbocycles. The van der Waals surface area contributed by atoms with Gasteiger partial charge in [-0.25, -0.2) is 4.79 Å². The molecule has 0 saturated heterocycles. The number of likely N-dealkylation sites (N-methyl/N-ethyl adjacent to an activating group) is 1. The van der Waals surface area contributed by atoms with E-state index in [-0.39, 0.29) is 18.1 Å². The second-order valence-electron chi connectivity index (χ2n) is 3.45. The third-order valence-corrected chi connectivity index (χ3v) is 2.01. The lowest BCUT2D eigenvalue weighted by Gasteiger charge is -2.10. The first-order chi connectivity index (χ1) is 7.52. The molecule has 1 rings (SSSR count). The lowest BCUT2D eigenvalue weighted by atomic mass is 10.2. The van der Waals surface area contributed by atoms with Crippen molar-refractivity contribution < 1.29 is 14.3 Å². The molecule has 86 valence electrons. The fraction of sp³-hybridized carbons (Fsp3) is 0.273. The summed E-state index contributed by atoms with van der Waals surface area (Å²) in [4.78, 5) is 24.0. The fourth-order valence-corrected chi connectivity index (χ4v) is 1.02. The summed E-state index contributed by atoms with van der Waals surface area (Å²) in [5.41, 5.74) is 6.20. The Morgan fingerprint density at radius 1 is 1.31 bits per heavy atom. The number of carbonyl (C=O) groups excluding carboxylic acids is 2. The van der Waals surface area contributed by atoms with Crippen LogP contribution >= 0.6 is 0 Å². The smallest absolute Gasteiger partial charge is 0.340 e. The normalized spacial score (nSPS) is 9.62. The van der Waals surface area contributed by atoms with E-state index in [0.29, 0.717) is 5.69 Å². The number of para-hydroxylation sites is 1. The Bertz CT molecular complexity index is 402. The summed E-state index contributed by atoms with van der Waals surface area (Å²) in [6.07, 6.45) is 0. The maximum absolute atomic E-state index is 11.5. The van der Waals surface area contributed by atoms with Crippen LogP contribution in [0.2, 0.25) is 0 Å². The number of nitrogens with zero attached hydrogens (tertiary/aromatic N) is 1. The molecule has 5 nitrogen and oxygen atoms in total. The van der Waals surface area contributed by atoms with Crippen LogP contribution in [0.25, 0.3) is 0 Å². The predicted octanol–water partition coefficient (Wildman–Crippen LogP) is 0.514. The number of ether oxygens (including phenoxy) is 1. The van der Waals surface area contributed by atoms with Crippen LogP contribution in [-0.4, -0.2) is 37.5 Å². The van der Waals surface area contributed by atoms with E-state index in [1.807, 2.05) is 0 Å². The number of hydrogen-bond donors (Lipinski definition) is 1. The lowest BCUT2D eigenvalue weighted by molar-refractivity contribution is -0.131. The van der Waals surface area contributed by atoms with E-state index in [9.17, 15) is 9.59 Å². The molecule has 0 aliphatic carbocycles. The van der Waals surface area contributed by atoms with Crippen LogP contribution in [0.1, 0.15) is 10.4 Å². The van der Waals surface area contributed by atoms with Gasteiger partial charge in [0.2, 0.25) is 0 Å². The Morgan fingerprint density at radius 3 is 2.50 bits per heavy atom. The van der Waals surface area contributed by atoms with E-state index < -0.39 is 5.97 Å². The molecule has 0 aliphatic heterocycles. The number of anilines is 1. The molecule has 0 spiro atoms. The molecule has 5 heteroatoms. The van der Waals surface area contributed by atoms with Gasteiger partial charge in [0.1, 0.15) is 0 Å². The molecule has 0 aliphatic rings. The number of nitrogen functional groups attached to an aromatic ring is 1. The van der Waals surface area contributed by atoms with Crippen molar-refractivity contribution in [2.75, 3.05) is 26.4 Å². The molecule has 0 saturated carbocycles. The van der Waals surface area contributed by atoms with Gasteiger partial charge in [0.25, 0.3) is 5.91 Å². The van der Waals surface area contributed by atoms with Gasteiger partial charge in [0.05, 0.1) is 5.56 Å². The summed E-state index contributed by atoms with van der Waals surface area (Å²) in [6, 6.07) is 6.56. The molecule has 0 fully saturated rings. The number of esters is 1. The quantitative estimate of drug-likeness (QED) is 0.597. The van der Waals surface area contributed by atoms with Gasteiger partial charge in [-0.05, 0) is 12.1 Å². The van der Waals surface area contributed by atoms with Crippen molar-refractivity contribution in [1.82, 2.24) is 4.90 Å². The standard InChI is InChI=1S/C11H14N2O3/c1-13(2)10(14)7-16-11(15)8-5-3-4-6-9(8)12/h3-6H,7,12H2,1-2H3. The van der Waals surface area contributed by atoms with Crippen molar-refractivity contribution in [3.63, 3.8) is 0 Å². The average Bonchev–Trinajstić information content (AvgIpc) is 2.25. The number of hydrogen-bond acceptors (Lipinski definition) is 4. The van der Waals surface area contributed by atoms with Crippen LogP contribution in [0.15, 0.2) is 24.3 Å². The van der Waals surface area contributed by atoms with Crippen LogP contribution in [0.3, 0.4) is 0 Å². The van der Waals surface area contributed by atoms with Crippen LogP contribution in [-0.2, 0) is 9.53 Å². The third-order valence-electron chi connectivity index (χ3n) is 2.01. The molecule has 1 aromatic rings. The fourth-order valence-electron chi connectivity index (χ4n) is 1.02. The Balaban J connectivity index is 2.60. The van der Waals surface area contributed by atoms with E-state index >= 15 is 0 Å². The van der Waals surface area contributed by atoms with E-state index in [0.717, 1.165) is 0 Å². The summed E-state index contributed by atoms with van der Waals surface area (Å²) < 4.78 is 4.82. The van der Waals surface area contributed by atoms with Crippen molar-refractivity contribution in [1.29, 1.82) is 0 Å². The molecule has 0 heterocycles. The molecule has 0 radical (unpaired) electrons. The number of amides is 1. The zero-order valence-electron chi connectivity index (χ0n) is 9.27. The summed E-state index contributed by atoms with van der Waals surface area (Å²) in [5.74, 6) is -0.865. The van der Waals surface area contributed by atoms with Crippen molar-refractivity contribution in [3.8, 4) is 0 Å². The number of benzene rings is 1. The monoisotopic (exact) mass is 222 g/mol. The maximum atomic E-state index is 11.5. The van der Waals surface area contributed by atoms with E-state index in [2.05, 4.69) is 0 Å². The van der Waals surface area contributed by atoms with Crippen molar-refractivity contribution in [3.05, 3.63) is 29.8 Å². The number of rotatable bonds is 3. The van der Waals surface area contributed by atoms with Gasteiger partial charge < -0.3 is 15.4 Å². The zero-order valence-corrected chi connectivity index (χ0v) is 9.27. The third kappa shape index (κ3) is 2.98. The van der Waals surface area contributed by atoms with Crippen LogP contribution in [0.5, 0.6) is 0 Å². The van der Waals surface area contributed by atoms with Gasteiger partial charge in [-0.3, -0.25) is 4.79 Å². The topological polar surface area (TPSA) is 72.6 Å². The van der Waals surface area contributed by atoms with E-state index in [1.165, 1.54) is 4.90 Å². The minimum Gasteiger partial charge on any atom is -0.452 e. The minimum absolute atomic E-state index is 0.272. The van der Waals surface area contributed by atoms with Crippen molar-refractivity contribution in [2.45, 2.75) is 0 Å². The second-order valence-corrected chi connectivity index (χ2v) is 3.45. The molecule has 0 bridgehead atoms. The highest BCUT2D eigenvalue weighted by Gasteiger charge is 2.13. The Labute approximate surface area is 93.8 Å². The van der Waals surface area contributed by atoms with Crippen LogP contribution in [0, 0.1) is 0 Å². The first-order valence-corrected chi connectivity index (χ1v) is 4.74. The highest BCUT2D eigenvalue weighted by molar-refractivity contribution is 5.96. The summed E-state index contributed by atoms with van der Waals surface area (Å²) >= 11 is 0. The van der Waals surface area contributed by atoms with E-state index in [4.69, 9.17) is 10.5 Å².